The molecule has 0 amide bonds. The summed E-state index contributed by atoms with van der Waals surface area (Å²) in [4.78, 5) is 45.2. The Hall–Kier alpha value is -1.70. The van der Waals surface area contributed by atoms with E-state index in [4.69, 9.17) is 13.3 Å². The van der Waals surface area contributed by atoms with Gasteiger partial charge in [0, 0.05) is 33.6 Å². The van der Waals surface area contributed by atoms with Gasteiger partial charge in [0.25, 0.3) is 17.9 Å². The quantitative estimate of drug-likeness (QED) is 0.653. The van der Waals surface area contributed by atoms with Gasteiger partial charge in [-0.15, -0.1) is 0 Å². The van der Waals surface area contributed by atoms with Gasteiger partial charge in [0.05, 0.1) is 6.04 Å². The number of hydrogen-bond donors (Lipinski definition) is 0. The zero-order valence-corrected chi connectivity index (χ0v) is 14.9. The van der Waals surface area contributed by atoms with Gasteiger partial charge in [-0.25, -0.2) is 0 Å². The summed E-state index contributed by atoms with van der Waals surface area (Å²) in [5.41, 5.74) is 0. The first-order valence-electron chi connectivity index (χ1n) is 7.83. The molecule has 0 aliphatic heterocycles. The first kappa shape index (κ1) is 19.3. The molecule has 0 heterocycles. The number of carbonyl (C=O) groups is 4. The molecular weight excluding hydrogens is 320 g/mol. The molecule has 0 bridgehead atoms. The first-order valence-corrected chi connectivity index (χ1v) is 9.76. The largest absolute Gasteiger partial charge is 0.705 e. The summed E-state index contributed by atoms with van der Waals surface area (Å²) in [6, 6.07) is 0.205. The van der Waals surface area contributed by atoms with Crippen LogP contribution in [0.2, 0.25) is 6.04 Å². The van der Waals surface area contributed by atoms with E-state index in [1.54, 1.807) is 0 Å². The summed E-state index contributed by atoms with van der Waals surface area (Å²) >= 11 is 0. The van der Waals surface area contributed by atoms with Gasteiger partial charge < -0.3 is 13.3 Å². The van der Waals surface area contributed by atoms with E-state index < -0.39 is 26.7 Å². The van der Waals surface area contributed by atoms with Crippen molar-refractivity contribution in [1.29, 1.82) is 0 Å². The molecule has 0 aromatic heterocycles. The lowest BCUT2D eigenvalue weighted by atomic mass is 9.86. The molecule has 0 radical (unpaired) electrons. The van der Waals surface area contributed by atoms with Crippen molar-refractivity contribution in [2.45, 2.75) is 65.3 Å². The Labute approximate surface area is 137 Å². The summed E-state index contributed by atoms with van der Waals surface area (Å²) in [5.74, 6) is -1.23. The van der Waals surface area contributed by atoms with Gasteiger partial charge in [-0.1, -0.05) is 6.42 Å². The van der Waals surface area contributed by atoms with E-state index in [2.05, 4.69) is 0 Å². The third-order valence-corrected chi connectivity index (χ3v) is 6.42. The van der Waals surface area contributed by atoms with Crippen LogP contribution >= 0.6 is 0 Å². The standard InChI is InChI=1S/C15H24O7Si/c1-11(16)20-23(21-12(2)17,22-13(3)18)10-4-5-14-6-8-15(19)9-7-14/h14H,4-10H2,1-3H3. The minimum absolute atomic E-state index is 0.205. The second kappa shape index (κ2) is 8.81. The van der Waals surface area contributed by atoms with E-state index >= 15 is 0 Å². The number of carbonyl (C=O) groups excluding carboxylic acids is 4. The molecule has 130 valence electrons. The molecule has 8 heteroatoms. The fourth-order valence-electron chi connectivity index (χ4n) is 2.77. The van der Waals surface area contributed by atoms with E-state index in [0.717, 1.165) is 19.3 Å². The van der Waals surface area contributed by atoms with Crippen LogP contribution in [0.4, 0.5) is 0 Å². The Kier molecular flexibility index (Phi) is 7.41. The molecular formula is C15H24O7Si. The molecule has 0 aromatic carbocycles. The maximum atomic E-state index is 11.3. The van der Waals surface area contributed by atoms with Crippen molar-refractivity contribution in [2.75, 3.05) is 0 Å². The fourth-order valence-corrected chi connectivity index (χ4v) is 5.15. The van der Waals surface area contributed by atoms with Crippen molar-refractivity contribution >= 4 is 32.5 Å². The average molecular weight is 344 g/mol. The van der Waals surface area contributed by atoms with Crippen molar-refractivity contribution in [1.82, 2.24) is 0 Å². The highest BCUT2D eigenvalue weighted by molar-refractivity contribution is 6.65. The monoisotopic (exact) mass is 344 g/mol. The van der Waals surface area contributed by atoms with E-state index in [1.807, 2.05) is 0 Å². The molecule has 0 aromatic rings. The van der Waals surface area contributed by atoms with E-state index in [1.165, 1.54) is 20.8 Å². The van der Waals surface area contributed by atoms with Gasteiger partial charge in [-0.3, -0.25) is 19.2 Å². The first-order chi connectivity index (χ1) is 10.7. The zero-order chi connectivity index (χ0) is 17.5. The lowest BCUT2D eigenvalue weighted by Crippen LogP contribution is -2.49. The highest BCUT2D eigenvalue weighted by Gasteiger charge is 2.51. The maximum Gasteiger partial charge on any atom is 0.705 e. The molecule has 1 aliphatic carbocycles. The summed E-state index contributed by atoms with van der Waals surface area (Å²) < 4.78 is 15.4. The number of rotatable bonds is 7. The molecule has 1 rings (SSSR count). The van der Waals surface area contributed by atoms with Gasteiger partial charge in [0.1, 0.15) is 5.78 Å². The Morgan fingerprint density at radius 1 is 0.957 bits per heavy atom. The molecule has 7 nitrogen and oxygen atoms in total. The molecule has 0 saturated heterocycles. The molecule has 1 fully saturated rings. The molecule has 0 spiro atoms. The van der Waals surface area contributed by atoms with Crippen LogP contribution in [0.15, 0.2) is 0 Å². The van der Waals surface area contributed by atoms with Gasteiger partial charge >= 0.3 is 8.80 Å². The Bertz CT molecular complexity index is 424. The predicted octanol–water partition coefficient (Wildman–Crippen LogP) is 2.15. The van der Waals surface area contributed by atoms with Crippen LogP contribution in [0.3, 0.4) is 0 Å². The highest BCUT2D eigenvalue weighted by atomic mass is 28.4. The number of hydrogen-bond acceptors (Lipinski definition) is 7. The van der Waals surface area contributed by atoms with Crippen molar-refractivity contribution in [3.8, 4) is 0 Å². The normalized spacial score (nSPS) is 15.9. The summed E-state index contributed by atoms with van der Waals surface area (Å²) in [6.45, 7) is 3.55. The van der Waals surface area contributed by atoms with Crippen LogP contribution in [-0.4, -0.2) is 32.5 Å². The Balaban J connectivity index is 2.65. The third kappa shape index (κ3) is 7.40. The van der Waals surface area contributed by atoms with Crippen LogP contribution in [0.5, 0.6) is 0 Å². The fraction of sp³-hybridized carbons (Fsp3) is 0.733. The second-order valence-corrected chi connectivity index (χ2v) is 8.32. The van der Waals surface area contributed by atoms with Gasteiger partial charge in [0.15, 0.2) is 0 Å². The van der Waals surface area contributed by atoms with Gasteiger partial charge in [-0.05, 0) is 25.2 Å². The van der Waals surface area contributed by atoms with Crippen LogP contribution < -0.4 is 0 Å². The summed E-state index contributed by atoms with van der Waals surface area (Å²) in [7, 11) is -3.70. The number of Topliss-reactive ketones (excluding diaryl/α,β-unsaturated/α-hetero) is 1. The van der Waals surface area contributed by atoms with Crippen LogP contribution in [0.25, 0.3) is 0 Å². The topological polar surface area (TPSA) is 96.0 Å². The molecule has 0 N–H and O–H groups in total. The molecule has 1 saturated carbocycles. The van der Waals surface area contributed by atoms with E-state index in [0.29, 0.717) is 31.0 Å². The molecule has 0 atom stereocenters. The van der Waals surface area contributed by atoms with Crippen molar-refractivity contribution in [2.24, 2.45) is 5.92 Å². The molecule has 0 unspecified atom stereocenters. The minimum Gasteiger partial charge on any atom is -0.455 e. The Morgan fingerprint density at radius 3 is 1.78 bits per heavy atom. The van der Waals surface area contributed by atoms with Gasteiger partial charge in [-0.2, -0.15) is 0 Å². The van der Waals surface area contributed by atoms with Crippen LogP contribution in [-0.2, 0) is 32.5 Å². The smallest absolute Gasteiger partial charge is 0.455 e. The zero-order valence-electron chi connectivity index (χ0n) is 13.9. The summed E-state index contributed by atoms with van der Waals surface area (Å²) in [6.07, 6.45) is 4.31. The van der Waals surface area contributed by atoms with E-state index in [9.17, 15) is 19.2 Å². The second-order valence-electron chi connectivity index (χ2n) is 5.84. The third-order valence-electron chi connectivity index (χ3n) is 3.66. The lowest BCUT2D eigenvalue weighted by molar-refractivity contribution is -0.147. The minimum atomic E-state index is -3.70. The maximum absolute atomic E-state index is 11.3. The summed E-state index contributed by atoms with van der Waals surface area (Å²) in [5, 5.41) is 0. The van der Waals surface area contributed by atoms with Crippen molar-refractivity contribution in [3.05, 3.63) is 0 Å². The molecule has 23 heavy (non-hydrogen) atoms. The molecule has 1 aliphatic rings. The highest BCUT2D eigenvalue weighted by Crippen LogP contribution is 2.28. The number of ketones is 1. The predicted molar refractivity (Wildman–Crippen MR) is 82.1 cm³/mol. The van der Waals surface area contributed by atoms with Crippen molar-refractivity contribution in [3.63, 3.8) is 0 Å². The SMILES string of the molecule is CC(=O)O[Si](CCCC1CCC(=O)CC1)(OC(C)=O)OC(C)=O. The van der Waals surface area contributed by atoms with Crippen LogP contribution in [0.1, 0.15) is 59.3 Å². The van der Waals surface area contributed by atoms with Crippen LogP contribution in [0, 0.1) is 5.92 Å². The lowest BCUT2D eigenvalue weighted by Gasteiger charge is -2.27. The van der Waals surface area contributed by atoms with E-state index in [-0.39, 0.29) is 6.04 Å². The van der Waals surface area contributed by atoms with Crippen molar-refractivity contribution < 1.29 is 32.5 Å². The average Bonchev–Trinajstić information content (AvgIpc) is 2.38. The Morgan fingerprint density at radius 2 is 1.39 bits per heavy atom. The van der Waals surface area contributed by atoms with Gasteiger partial charge in [0.2, 0.25) is 0 Å².